The van der Waals surface area contributed by atoms with Gasteiger partial charge < -0.3 is 5.73 Å². The van der Waals surface area contributed by atoms with E-state index in [1.807, 2.05) is 12.2 Å². The summed E-state index contributed by atoms with van der Waals surface area (Å²) in [5.74, 6) is 0.716. The lowest BCUT2D eigenvalue weighted by Crippen LogP contribution is -2.04. The van der Waals surface area contributed by atoms with Gasteiger partial charge in [-0.15, -0.1) is 25.6 Å². The van der Waals surface area contributed by atoms with E-state index in [2.05, 4.69) is 13.2 Å². The minimum absolute atomic E-state index is 0. The van der Waals surface area contributed by atoms with E-state index in [4.69, 9.17) is 5.73 Å². The molecule has 1 nitrogen and oxygen atoms in total. The Morgan fingerprint density at radius 3 is 2.00 bits per heavy atom. The van der Waals surface area contributed by atoms with Crippen LogP contribution in [-0.4, -0.2) is 6.54 Å². The van der Waals surface area contributed by atoms with Gasteiger partial charge in [0.15, 0.2) is 0 Å². The molecule has 0 heterocycles. The van der Waals surface area contributed by atoms with Crippen molar-refractivity contribution in [2.75, 3.05) is 6.54 Å². The third kappa shape index (κ3) is 7.83. The predicted molar refractivity (Wildman–Crippen MR) is 58.7 cm³/mol. The predicted octanol–water partition coefficient (Wildman–Crippen LogP) is 2.92. The van der Waals surface area contributed by atoms with Crippen molar-refractivity contribution in [3.63, 3.8) is 0 Å². The summed E-state index contributed by atoms with van der Waals surface area (Å²) in [6.07, 6.45) is 8.45. The maximum Gasteiger partial charge on any atom is -0.00772 e. The van der Waals surface area contributed by atoms with E-state index < -0.39 is 0 Å². The monoisotopic (exact) mass is 189 g/mol. The van der Waals surface area contributed by atoms with Gasteiger partial charge in [0.1, 0.15) is 0 Å². The highest BCUT2D eigenvalue weighted by atomic mass is 35.5. The molecule has 12 heavy (non-hydrogen) atoms. The van der Waals surface area contributed by atoms with E-state index in [9.17, 15) is 0 Å². The molecule has 0 amide bonds. The topological polar surface area (TPSA) is 26.0 Å². The SMILES string of the molecule is C=CCC(CC=C)CCCN.Cl. The molecule has 0 unspecified atom stereocenters. The Balaban J connectivity index is 0. The Labute approximate surface area is 82.1 Å². The zero-order valence-corrected chi connectivity index (χ0v) is 8.48. The summed E-state index contributed by atoms with van der Waals surface area (Å²) >= 11 is 0. The van der Waals surface area contributed by atoms with Crippen LogP contribution in [0.4, 0.5) is 0 Å². The Hall–Kier alpha value is -0.270. The van der Waals surface area contributed by atoms with Crippen LogP contribution < -0.4 is 5.73 Å². The number of hydrogen-bond acceptors (Lipinski definition) is 1. The second kappa shape index (κ2) is 10.7. The van der Waals surface area contributed by atoms with Gasteiger partial charge in [-0.05, 0) is 38.1 Å². The van der Waals surface area contributed by atoms with Crippen molar-refractivity contribution in [3.05, 3.63) is 25.3 Å². The summed E-state index contributed by atoms with van der Waals surface area (Å²) in [7, 11) is 0. The van der Waals surface area contributed by atoms with Gasteiger partial charge in [-0.1, -0.05) is 12.2 Å². The van der Waals surface area contributed by atoms with Crippen molar-refractivity contribution >= 4 is 12.4 Å². The number of halogens is 1. The summed E-state index contributed by atoms with van der Waals surface area (Å²) in [6, 6.07) is 0. The zero-order valence-electron chi connectivity index (χ0n) is 7.67. The third-order valence-corrected chi connectivity index (χ3v) is 1.82. The van der Waals surface area contributed by atoms with Gasteiger partial charge in [0.05, 0.1) is 0 Å². The largest absolute Gasteiger partial charge is 0.330 e. The fourth-order valence-electron chi connectivity index (χ4n) is 1.21. The van der Waals surface area contributed by atoms with Crippen LogP contribution in [0.15, 0.2) is 25.3 Å². The molecule has 0 bridgehead atoms. The van der Waals surface area contributed by atoms with Crippen LogP contribution in [0.25, 0.3) is 0 Å². The standard InChI is InChI=1S/C10H19N.ClH/c1-3-6-10(7-4-2)8-5-9-11;/h3-4,10H,1-2,5-9,11H2;1H. The van der Waals surface area contributed by atoms with Crippen LogP contribution in [0.2, 0.25) is 0 Å². The van der Waals surface area contributed by atoms with Crippen LogP contribution in [0.5, 0.6) is 0 Å². The molecule has 0 rings (SSSR count). The van der Waals surface area contributed by atoms with Crippen molar-refractivity contribution in [2.45, 2.75) is 25.7 Å². The summed E-state index contributed by atoms with van der Waals surface area (Å²) in [4.78, 5) is 0. The van der Waals surface area contributed by atoms with Crippen LogP contribution in [0, 0.1) is 5.92 Å². The van der Waals surface area contributed by atoms with E-state index in [0.717, 1.165) is 25.8 Å². The molecule has 0 saturated carbocycles. The maximum absolute atomic E-state index is 5.42. The molecule has 72 valence electrons. The number of allylic oxidation sites excluding steroid dienone is 2. The molecule has 0 aromatic carbocycles. The van der Waals surface area contributed by atoms with Gasteiger partial charge in [-0.3, -0.25) is 0 Å². The first-order valence-corrected chi connectivity index (χ1v) is 4.27. The molecule has 0 atom stereocenters. The number of nitrogens with two attached hydrogens (primary N) is 1. The molecule has 0 aromatic heterocycles. The lowest BCUT2D eigenvalue weighted by atomic mass is 9.96. The molecular weight excluding hydrogens is 170 g/mol. The summed E-state index contributed by atoms with van der Waals surface area (Å²) in [5, 5.41) is 0. The van der Waals surface area contributed by atoms with Gasteiger partial charge in [0.25, 0.3) is 0 Å². The second-order valence-corrected chi connectivity index (χ2v) is 2.85. The van der Waals surface area contributed by atoms with Gasteiger partial charge in [-0.25, -0.2) is 0 Å². The highest BCUT2D eigenvalue weighted by molar-refractivity contribution is 5.85. The smallest absolute Gasteiger partial charge is 0.00772 e. The number of hydrogen-bond donors (Lipinski definition) is 1. The molecule has 0 radical (unpaired) electrons. The molecule has 0 fully saturated rings. The molecule has 0 saturated heterocycles. The van der Waals surface area contributed by atoms with Crippen molar-refractivity contribution < 1.29 is 0 Å². The first kappa shape index (κ1) is 14.3. The normalized spacial score (nSPS) is 9.17. The molecule has 0 aliphatic rings. The Morgan fingerprint density at radius 1 is 1.17 bits per heavy atom. The molecule has 0 aliphatic heterocycles. The quantitative estimate of drug-likeness (QED) is 0.613. The molecular formula is C10H20ClN. The van der Waals surface area contributed by atoms with Crippen LogP contribution in [0.3, 0.4) is 0 Å². The van der Waals surface area contributed by atoms with E-state index >= 15 is 0 Å². The van der Waals surface area contributed by atoms with Gasteiger partial charge in [0, 0.05) is 0 Å². The second-order valence-electron chi connectivity index (χ2n) is 2.85. The highest BCUT2D eigenvalue weighted by Crippen LogP contribution is 2.15. The zero-order chi connectivity index (χ0) is 8.53. The fourth-order valence-corrected chi connectivity index (χ4v) is 1.21. The van der Waals surface area contributed by atoms with E-state index in [1.165, 1.54) is 6.42 Å². The van der Waals surface area contributed by atoms with Crippen molar-refractivity contribution in [1.82, 2.24) is 0 Å². The Kier molecular flexibility index (Phi) is 12.8. The van der Waals surface area contributed by atoms with Gasteiger partial charge >= 0.3 is 0 Å². The average Bonchev–Trinajstić information content (AvgIpc) is 2.01. The van der Waals surface area contributed by atoms with Gasteiger partial charge in [-0.2, -0.15) is 0 Å². The molecule has 0 aliphatic carbocycles. The van der Waals surface area contributed by atoms with Crippen LogP contribution in [-0.2, 0) is 0 Å². The average molecular weight is 190 g/mol. The Morgan fingerprint density at radius 2 is 1.67 bits per heavy atom. The first-order valence-electron chi connectivity index (χ1n) is 4.27. The summed E-state index contributed by atoms with van der Waals surface area (Å²) < 4.78 is 0. The fraction of sp³-hybridized carbons (Fsp3) is 0.600. The molecule has 2 N–H and O–H groups in total. The van der Waals surface area contributed by atoms with Gasteiger partial charge in [0.2, 0.25) is 0 Å². The highest BCUT2D eigenvalue weighted by Gasteiger charge is 2.02. The Bertz CT molecular complexity index is 102. The van der Waals surface area contributed by atoms with E-state index in [-0.39, 0.29) is 12.4 Å². The molecule has 2 heteroatoms. The first-order chi connectivity index (χ1) is 5.35. The maximum atomic E-state index is 5.42. The van der Waals surface area contributed by atoms with Crippen molar-refractivity contribution in [1.29, 1.82) is 0 Å². The van der Waals surface area contributed by atoms with E-state index in [0.29, 0.717) is 5.92 Å². The molecule has 0 spiro atoms. The minimum Gasteiger partial charge on any atom is -0.330 e. The van der Waals surface area contributed by atoms with Crippen LogP contribution >= 0.6 is 12.4 Å². The molecule has 0 aromatic rings. The minimum atomic E-state index is 0. The summed E-state index contributed by atoms with van der Waals surface area (Å²) in [6.45, 7) is 8.25. The van der Waals surface area contributed by atoms with Crippen LogP contribution in [0.1, 0.15) is 25.7 Å². The van der Waals surface area contributed by atoms with E-state index in [1.54, 1.807) is 0 Å². The summed E-state index contributed by atoms with van der Waals surface area (Å²) in [5.41, 5.74) is 5.42. The number of rotatable bonds is 7. The lowest BCUT2D eigenvalue weighted by molar-refractivity contribution is 0.483. The van der Waals surface area contributed by atoms with Crippen molar-refractivity contribution in [3.8, 4) is 0 Å². The third-order valence-electron chi connectivity index (χ3n) is 1.82. The van der Waals surface area contributed by atoms with Crippen molar-refractivity contribution in [2.24, 2.45) is 11.7 Å². The lowest BCUT2D eigenvalue weighted by Gasteiger charge is -2.10.